The molecule has 0 aromatic carbocycles. The van der Waals surface area contributed by atoms with Gasteiger partial charge in [-0.25, -0.2) is 0 Å². The average Bonchev–Trinajstić information content (AvgIpc) is 3.18. The number of piperidine rings is 1. The van der Waals surface area contributed by atoms with Crippen molar-refractivity contribution in [3.05, 3.63) is 45.7 Å². The summed E-state index contributed by atoms with van der Waals surface area (Å²) in [6, 6.07) is 8.40. The van der Waals surface area contributed by atoms with E-state index in [0.717, 1.165) is 29.4 Å². The van der Waals surface area contributed by atoms with E-state index >= 15 is 0 Å². The van der Waals surface area contributed by atoms with Crippen LogP contribution in [0.4, 0.5) is 0 Å². The van der Waals surface area contributed by atoms with Crippen molar-refractivity contribution in [2.75, 3.05) is 19.6 Å². The van der Waals surface area contributed by atoms with E-state index < -0.39 is 0 Å². The van der Waals surface area contributed by atoms with Gasteiger partial charge in [0.05, 0.1) is 5.56 Å². The van der Waals surface area contributed by atoms with Crippen LogP contribution in [0.15, 0.2) is 34.4 Å². The van der Waals surface area contributed by atoms with E-state index in [9.17, 15) is 4.79 Å². The molecule has 1 aliphatic carbocycles. The highest BCUT2D eigenvalue weighted by atomic mass is 32.1. The maximum absolute atomic E-state index is 13.1. The van der Waals surface area contributed by atoms with Crippen molar-refractivity contribution in [1.82, 2.24) is 9.47 Å². The Kier molecular flexibility index (Phi) is 4.49. The summed E-state index contributed by atoms with van der Waals surface area (Å²) in [6.07, 6.45) is 8.39. The lowest BCUT2D eigenvalue weighted by molar-refractivity contribution is 0.0968. The number of fused-ring (bicyclic) bond motifs is 4. The molecular weight excluding hydrogens is 340 g/mol. The van der Waals surface area contributed by atoms with Crippen LogP contribution in [0.2, 0.25) is 0 Å². The van der Waals surface area contributed by atoms with E-state index in [2.05, 4.69) is 33.0 Å². The van der Waals surface area contributed by atoms with E-state index in [1.165, 1.54) is 57.3 Å². The van der Waals surface area contributed by atoms with E-state index in [4.69, 9.17) is 0 Å². The fourth-order valence-corrected chi connectivity index (χ4v) is 6.29. The van der Waals surface area contributed by atoms with Crippen LogP contribution < -0.4 is 5.56 Å². The molecule has 1 saturated carbocycles. The molecule has 4 heteroatoms. The second-order valence-corrected chi connectivity index (χ2v) is 9.53. The molecule has 2 aliphatic heterocycles. The van der Waals surface area contributed by atoms with Crippen LogP contribution in [-0.4, -0.2) is 29.1 Å². The Morgan fingerprint density at radius 2 is 1.92 bits per heavy atom. The highest BCUT2D eigenvalue weighted by Crippen LogP contribution is 2.37. The summed E-state index contributed by atoms with van der Waals surface area (Å²) in [5.41, 5.74) is 2.38. The van der Waals surface area contributed by atoms with Crippen LogP contribution in [0.5, 0.6) is 0 Å². The predicted molar refractivity (Wildman–Crippen MR) is 108 cm³/mol. The Balaban J connectivity index is 1.39. The molecule has 5 rings (SSSR count). The standard InChI is InChI=1S/C22H28N2OS/c25-22-19(21-7-4-10-26-21)8-9-20-18-11-17(14-24(20)22)13-23(15-18)12-16-5-2-1-3-6-16/h4,7-10,16-18H,1-3,5-6,11-15H2/t17-,18-/m1/s1. The normalized spacial score (nSPS) is 26.6. The van der Waals surface area contributed by atoms with Gasteiger partial charge < -0.3 is 9.47 Å². The maximum Gasteiger partial charge on any atom is 0.259 e. The molecule has 3 aliphatic rings. The van der Waals surface area contributed by atoms with Crippen molar-refractivity contribution in [3.63, 3.8) is 0 Å². The van der Waals surface area contributed by atoms with Crippen LogP contribution in [0.1, 0.15) is 50.1 Å². The third-order valence-electron chi connectivity index (χ3n) is 6.71. The molecule has 0 unspecified atom stereocenters. The number of pyridine rings is 1. The first-order valence-corrected chi connectivity index (χ1v) is 11.2. The molecule has 2 fully saturated rings. The SMILES string of the molecule is O=c1c(-c2cccs2)ccc2n1C[C@@H]1C[C@@H]2CN(CC2CCCCC2)C1. The van der Waals surface area contributed by atoms with Crippen LogP contribution in [0.25, 0.3) is 10.4 Å². The van der Waals surface area contributed by atoms with Gasteiger partial charge in [-0.2, -0.15) is 0 Å². The molecule has 0 spiro atoms. The van der Waals surface area contributed by atoms with Gasteiger partial charge in [0.25, 0.3) is 5.56 Å². The topological polar surface area (TPSA) is 25.2 Å². The summed E-state index contributed by atoms with van der Waals surface area (Å²) in [4.78, 5) is 16.9. The van der Waals surface area contributed by atoms with Gasteiger partial charge in [0.2, 0.25) is 0 Å². The predicted octanol–water partition coefficient (Wildman–Crippen LogP) is 4.58. The molecule has 2 aromatic rings. The minimum atomic E-state index is 0.223. The lowest BCUT2D eigenvalue weighted by Gasteiger charge is -2.44. The van der Waals surface area contributed by atoms with Crippen molar-refractivity contribution in [1.29, 1.82) is 0 Å². The van der Waals surface area contributed by atoms with Crippen LogP contribution in [0, 0.1) is 11.8 Å². The van der Waals surface area contributed by atoms with Crippen LogP contribution >= 0.6 is 11.3 Å². The zero-order valence-electron chi connectivity index (χ0n) is 15.4. The Bertz CT molecular complexity index is 819. The van der Waals surface area contributed by atoms with Crippen molar-refractivity contribution >= 4 is 11.3 Å². The van der Waals surface area contributed by atoms with Crippen molar-refractivity contribution in [2.45, 2.75) is 51.0 Å². The second-order valence-electron chi connectivity index (χ2n) is 8.59. The number of hydrogen-bond acceptors (Lipinski definition) is 3. The molecule has 26 heavy (non-hydrogen) atoms. The first-order chi connectivity index (χ1) is 12.8. The summed E-state index contributed by atoms with van der Waals surface area (Å²) in [6.45, 7) is 4.52. The first-order valence-electron chi connectivity index (χ1n) is 10.3. The molecule has 2 atom stereocenters. The number of likely N-dealkylation sites (tertiary alicyclic amines) is 1. The molecule has 4 heterocycles. The van der Waals surface area contributed by atoms with Gasteiger partial charge in [-0.1, -0.05) is 25.3 Å². The summed E-state index contributed by atoms with van der Waals surface area (Å²) in [7, 11) is 0. The fraction of sp³-hybridized carbons (Fsp3) is 0.591. The lowest BCUT2D eigenvalue weighted by Crippen LogP contribution is -2.48. The summed E-state index contributed by atoms with van der Waals surface area (Å²) in [5, 5.41) is 2.05. The minimum absolute atomic E-state index is 0.223. The van der Waals surface area contributed by atoms with Gasteiger partial charge in [0.1, 0.15) is 0 Å². The molecule has 0 N–H and O–H groups in total. The number of aromatic nitrogens is 1. The monoisotopic (exact) mass is 368 g/mol. The van der Waals surface area contributed by atoms with Gasteiger partial charge in [-0.15, -0.1) is 11.3 Å². The fourth-order valence-electron chi connectivity index (χ4n) is 5.55. The van der Waals surface area contributed by atoms with E-state index in [1.807, 2.05) is 6.07 Å². The zero-order valence-corrected chi connectivity index (χ0v) is 16.2. The quantitative estimate of drug-likeness (QED) is 0.792. The third kappa shape index (κ3) is 3.07. The number of hydrogen-bond donors (Lipinski definition) is 0. The molecule has 0 radical (unpaired) electrons. The van der Waals surface area contributed by atoms with Gasteiger partial charge in [0, 0.05) is 42.7 Å². The highest BCUT2D eigenvalue weighted by molar-refractivity contribution is 7.13. The van der Waals surface area contributed by atoms with Crippen molar-refractivity contribution in [3.8, 4) is 10.4 Å². The molecule has 2 aromatic heterocycles. The first kappa shape index (κ1) is 16.8. The van der Waals surface area contributed by atoms with Crippen molar-refractivity contribution in [2.24, 2.45) is 11.8 Å². The van der Waals surface area contributed by atoms with E-state index in [0.29, 0.717) is 11.8 Å². The van der Waals surface area contributed by atoms with Crippen LogP contribution in [-0.2, 0) is 6.54 Å². The van der Waals surface area contributed by atoms with Gasteiger partial charge in [-0.05, 0) is 54.7 Å². The smallest absolute Gasteiger partial charge is 0.259 e. The summed E-state index contributed by atoms with van der Waals surface area (Å²) < 4.78 is 2.10. The Morgan fingerprint density at radius 3 is 2.73 bits per heavy atom. The molecule has 3 nitrogen and oxygen atoms in total. The minimum Gasteiger partial charge on any atom is -0.311 e. The highest BCUT2D eigenvalue weighted by Gasteiger charge is 2.35. The molecule has 1 saturated heterocycles. The molecular formula is C22H28N2OS. The Labute approximate surface area is 159 Å². The summed E-state index contributed by atoms with van der Waals surface area (Å²) in [5.74, 6) is 2.09. The van der Waals surface area contributed by atoms with Crippen LogP contribution in [0.3, 0.4) is 0 Å². The van der Waals surface area contributed by atoms with E-state index in [1.54, 1.807) is 11.3 Å². The molecule has 2 bridgehead atoms. The summed E-state index contributed by atoms with van der Waals surface area (Å²) >= 11 is 1.66. The largest absolute Gasteiger partial charge is 0.311 e. The Morgan fingerprint density at radius 1 is 1.04 bits per heavy atom. The number of thiophene rings is 1. The lowest BCUT2D eigenvalue weighted by atomic mass is 9.81. The zero-order chi connectivity index (χ0) is 17.5. The Hall–Kier alpha value is -1.39. The third-order valence-corrected chi connectivity index (χ3v) is 7.61. The van der Waals surface area contributed by atoms with Gasteiger partial charge in [-0.3, -0.25) is 4.79 Å². The second kappa shape index (κ2) is 6.97. The van der Waals surface area contributed by atoms with Gasteiger partial charge in [0.15, 0.2) is 0 Å². The van der Waals surface area contributed by atoms with E-state index in [-0.39, 0.29) is 5.56 Å². The maximum atomic E-state index is 13.1. The molecule has 0 amide bonds. The molecule has 138 valence electrons. The van der Waals surface area contributed by atoms with Gasteiger partial charge >= 0.3 is 0 Å². The average molecular weight is 369 g/mol. The van der Waals surface area contributed by atoms with Crippen molar-refractivity contribution < 1.29 is 0 Å². The number of nitrogens with zero attached hydrogens (tertiary/aromatic N) is 2. The number of rotatable bonds is 3.